The van der Waals surface area contributed by atoms with Crippen LogP contribution in [-0.4, -0.2) is 116 Å². The van der Waals surface area contributed by atoms with Gasteiger partial charge >= 0.3 is 18.1 Å². The Morgan fingerprint density at radius 3 is 1.18 bits per heavy atom. The Labute approximate surface area is 638 Å². The van der Waals surface area contributed by atoms with Gasteiger partial charge in [-0.05, 0) is 110 Å². The van der Waals surface area contributed by atoms with Gasteiger partial charge in [-0.15, -0.1) is 0 Å². The Bertz CT molecular complexity index is 4820. The molecular formula is C76H79Cl4N17O10. The number of urea groups is 3. The van der Waals surface area contributed by atoms with E-state index in [9.17, 15) is 19.2 Å². The number of allylic oxidation sites excluding steroid dienone is 1. The van der Waals surface area contributed by atoms with Crippen LogP contribution in [0, 0.1) is 17.8 Å². The van der Waals surface area contributed by atoms with E-state index in [-0.39, 0.29) is 55.2 Å². The van der Waals surface area contributed by atoms with Gasteiger partial charge in [0.2, 0.25) is 17.2 Å². The van der Waals surface area contributed by atoms with Crippen LogP contribution in [0.4, 0.5) is 89.2 Å². The number of rotatable bonds is 22. The fourth-order valence-electron chi connectivity index (χ4n) is 12.0. The van der Waals surface area contributed by atoms with E-state index in [0.29, 0.717) is 156 Å². The number of aromatic nitrogens is 6. The molecule has 0 unspecified atom stereocenters. The van der Waals surface area contributed by atoms with Crippen LogP contribution in [-0.2, 0) is 30.8 Å². The molecule has 31 heteroatoms. The standard InChI is InChI=1S/C28H28ClN5O4.C24H25ClN6O3.C18H18Cl2N4O3.C6H8N2/c1-4-20(35)11-18-7-5-6-8-22(18)31-27-30-14-19-16-33(23-12-21(37-2)13-24(38-3)25(23)29)28(36)34(26(19)32-27)15-17-9-10-17;1-33-16-9-19(21(25)20(10-16)34-2)30-13-15-11-27-23(28-18-6-4-3-5-17(18)26)29-22(15)31(24(30)32)12-14-7-8-14;1-26-12-5-13(15(19)14(6-12)27-2)23-9-11-7-21-17(20)22-16(11)24(18(23)25)8-10-3-4-10;7-5-3-1-2-4-6(5)8/h4-8,12-14,17H,1,9-11,15-16H2,2-3H3,(H,30,31,32);3-6,9-11,14H,7-8,12-13,26H2,1-2H3,(H,27,28,29);5-7,10H,3-4,8-9H2,1-2H3;1-4H,7-8H2. The number of para-hydroxylation sites is 5. The number of methoxy groups -OCH3 is 6. The lowest BCUT2D eigenvalue weighted by atomic mass is 10.1. The summed E-state index contributed by atoms with van der Waals surface area (Å²) in [7, 11) is 9.22. The molecule has 27 nitrogen and oxygen atoms in total. The Kier molecular flexibility index (Phi) is 23.6. The minimum absolute atomic E-state index is 0.0836. The first-order valence-corrected chi connectivity index (χ1v) is 35.7. The van der Waals surface area contributed by atoms with Crippen molar-refractivity contribution < 1.29 is 47.6 Å². The molecule has 0 bridgehead atoms. The summed E-state index contributed by atoms with van der Waals surface area (Å²) in [5, 5.41) is 7.50. The van der Waals surface area contributed by atoms with Crippen molar-refractivity contribution in [3.8, 4) is 34.5 Å². The molecule has 556 valence electrons. The maximum absolute atomic E-state index is 13.9. The van der Waals surface area contributed by atoms with E-state index in [0.717, 1.165) is 66.5 Å². The van der Waals surface area contributed by atoms with Crippen LogP contribution in [0.3, 0.4) is 0 Å². The first kappa shape index (κ1) is 75.4. The van der Waals surface area contributed by atoms with Crippen molar-refractivity contribution in [1.82, 2.24) is 29.9 Å². The summed E-state index contributed by atoms with van der Waals surface area (Å²) in [5.41, 5.74) is 24.8. The van der Waals surface area contributed by atoms with E-state index in [4.69, 9.17) is 102 Å². The molecule has 0 saturated heterocycles. The molecule has 3 saturated carbocycles. The van der Waals surface area contributed by atoms with Crippen molar-refractivity contribution in [3.63, 3.8) is 0 Å². The largest absolute Gasteiger partial charge is 0.497 e. The summed E-state index contributed by atoms with van der Waals surface area (Å²) in [5.74, 6) is 6.58. The molecule has 107 heavy (non-hydrogen) atoms. The van der Waals surface area contributed by atoms with Gasteiger partial charge in [0.1, 0.15) is 67.0 Å². The molecule has 9 aromatic rings. The van der Waals surface area contributed by atoms with Gasteiger partial charge in [0, 0.05) is 103 Å². The third kappa shape index (κ3) is 17.5. The van der Waals surface area contributed by atoms with Crippen LogP contribution in [0.5, 0.6) is 34.5 Å². The van der Waals surface area contributed by atoms with Crippen LogP contribution < -0.4 is 85.7 Å². The Hall–Kier alpha value is -11.3. The zero-order valence-corrected chi connectivity index (χ0v) is 62.5. The first-order valence-electron chi connectivity index (χ1n) is 34.2. The van der Waals surface area contributed by atoms with Gasteiger partial charge in [-0.1, -0.05) is 83.8 Å². The zero-order chi connectivity index (χ0) is 75.7. The molecule has 6 aliphatic rings. The molecule has 8 N–H and O–H groups in total. The number of hydrogen-bond acceptors (Lipinski definition) is 21. The Morgan fingerprint density at radius 2 is 0.822 bits per heavy atom. The van der Waals surface area contributed by atoms with E-state index in [1.54, 1.807) is 124 Å². The van der Waals surface area contributed by atoms with E-state index in [1.807, 2.05) is 54.6 Å². The molecule has 0 radical (unpaired) electrons. The molecule has 15 rings (SSSR count). The molecule has 3 aliphatic carbocycles. The first-order chi connectivity index (χ1) is 51.7. The SMILES string of the molecule is C=CC(=O)Cc1ccccc1Nc1ncc2c(n1)N(CC1CC1)C(=O)N(c1cc(OC)cc(OC)c1Cl)C2.COc1cc(OC)c(Cl)c(N2Cc3cnc(Cl)nc3N(CC3CC3)C2=O)c1.COc1cc(OC)c(Cl)c(N2Cc3cnc(Nc4ccccc4N)nc3N(CC3CC3)C2=O)c1.Nc1ccccc1N. The molecule has 3 aromatic heterocycles. The van der Waals surface area contributed by atoms with Crippen LogP contribution in [0.25, 0.3) is 0 Å². The minimum atomic E-state index is -0.233. The van der Waals surface area contributed by atoms with Crippen molar-refractivity contribution in [1.29, 1.82) is 0 Å². The maximum Gasteiger partial charge on any atom is 0.330 e. The van der Waals surface area contributed by atoms with Crippen molar-refractivity contribution >= 4 is 145 Å². The molecule has 0 atom stereocenters. The molecule has 6 amide bonds. The quantitative estimate of drug-likeness (QED) is 0.0239. The third-order valence-electron chi connectivity index (χ3n) is 18.3. The van der Waals surface area contributed by atoms with E-state index < -0.39 is 0 Å². The summed E-state index contributed by atoms with van der Waals surface area (Å²) < 4.78 is 32.3. The lowest BCUT2D eigenvalue weighted by molar-refractivity contribution is -0.114. The summed E-state index contributed by atoms with van der Waals surface area (Å²) >= 11 is 25.7. The number of carbonyl (C=O) groups is 4. The van der Waals surface area contributed by atoms with E-state index in [1.165, 1.54) is 27.4 Å². The smallest absolute Gasteiger partial charge is 0.330 e. The zero-order valence-electron chi connectivity index (χ0n) is 59.5. The number of ketones is 1. The van der Waals surface area contributed by atoms with Gasteiger partial charge in [-0.25, -0.2) is 29.3 Å². The summed E-state index contributed by atoms with van der Waals surface area (Å²) in [6.45, 7) is 6.04. The number of nitrogen functional groups attached to an aromatic ring is 3. The number of anilines is 13. The number of nitrogens with zero attached hydrogens (tertiary/aromatic N) is 12. The highest BCUT2D eigenvalue weighted by Crippen LogP contribution is 2.47. The number of nitrogens with two attached hydrogens (primary N) is 3. The number of ether oxygens (including phenoxy) is 6. The fraction of sp³-hybridized carbons (Fsp3) is 0.289. The highest BCUT2D eigenvalue weighted by Gasteiger charge is 2.42. The van der Waals surface area contributed by atoms with Gasteiger partial charge in [-0.2, -0.15) is 15.0 Å². The van der Waals surface area contributed by atoms with Crippen molar-refractivity contribution in [3.05, 3.63) is 183 Å². The summed E-state index contributed by atoms with van der Waals surface area (Å²) in [6, 6.07) is 31.7. The number of amides is 6. The monoisotopic (exact) mass is 1530 g/mol. The third-order valence-corrected chi connectivity index (χ3v) is 19.6. The number of hydrogen-bond donors (Lipinski definition) is 5. The van der Waals surface area contributed by atoms with Gasteiger partial charge in [0.05, 0.1) is 102 Å². The topological polar surface area (TPSA) is 323 Å². The van der Waals surface area contributed by atoms with Gasteiger partial charge in [0.15, 0.2) is 5.78 Å². The minimum Gasteiger partial charge on any atom is -0.497 e. The Morgan fingerprint density at radius 1 is 0.477 bits per heavy atom. The fourth-order valence-corrected chi connectivity index (χ4v) is 13.0. The van der Waals surface area contributed by atoms with Crippen molar-refractivity contribution in [2.45, 2.75) is 64.6 Å². The second-order valence-electron chi connectivity index (χ2n) is 25.8. The number of halogens is 4. The second-order valence-corrected chi connectivity index (χ2v) is 27.3. The number of benzene rings is 6. The maximum atomic E-state index is 13.9. The second kappa shape index (κ2) is 33.5. The van der Waals surface area contributed by atoms with Gasteiger partial charge in [0.25, 0.3) is 0 Å². The molecule has 0 spiro atoms. The average Bonchev–Trinajstić information content (AvgIpc) is 1.28. The lowest BCUT2D eigenvalue weighted by Crippen LogP contribution is -2.49. The van der Waals surface area contributed by atoms with E-state index in [2.05, 4.69) is 37.1 Å². The predicted octanol–water partition coefficient (Wildman–Crippen LogP) is 15.4. The van der Waals surface area contributed by atoms with E-state index >= 15 is 0 Å². The van der Waals surface area contributed by atoms with Gasteiger partial charge < -0.3 is 56.3 Å². The highest BCUT2D eigenvalue weighted by molar-refractivity contribution is 6.37. The van der Waals surface area contributed by atoms with Crippen LogP contribution in [0.15, 0.2) is 140 Å². The van der Waals surface area contributed by atoms with Crippen molar-refractivity contribution in [2.24, 2.45) is 17.8 Å². The number of carbonyl (C=O) groups excluding carboxylic acids is 4. The van der Waals surface area contributed by atoms with Crippen LogP contribution in [0.1, 0.15) is 60.8 Å². The molecule has 3 aliphatic heterocycles. The normalized spacial score (nSPS) is 14.8. The van der Waals surface area contributed by atoms with Crippen LogP contribution in [0.2, 0.25) is 20.4 Å². The molecule has 6 aromatic carbocycles. The van der Waals surface area contributed by atoms with Crippen LogP contribution >= 0.6 is 46.4 Å². The lowest BCUT2D eigenvalue weighted by Gasteiger charge is -2.36. The van der Waals surface area contributed by atoms with Crippen molar-refractivity contribution in [2.75, 3.05) is 120 Å². The average molecular weight is 1530 g/mol. The highest BCUT2D eigenvalue weighted by atomic mass is 35.5. The number of nitrogens with one attached hydrogen (secondary N) is 2. The molecular weight excluding hydrogens is 1450 g/mol. The molecule has 3 fully saturated rings. The van der Waals surface area contributed by atoms with Gasteiger partial charge in [-0.3, -0.25) is 34.2 Å². The number of fused-ring (bicyclic) bond motifs is 3. The summed E-state index contributed by atoms with van der Waals surface area (Å²) in [6.07, 6.45) is 13.1. The molecule has 6 heterocycles. The predicted molar refractivity (Wildman–Crippen MR) is 418 cm³/mol. The Balaban J connectivity index is 0.000000144. The summed E-state index contributed by atoms with van der Waals surface area (Å²) in [4.78, 5) is 89.6.